The van der Waals surface area contributed by atoms with E-state index in [0.29, 0.717) is 0 Å². The molecule has 1 aliphatic rings. The SMILES string of the molecule is CCN(CC)[SiH]1[Si](C)(C)CC(C)(C)O[Si]1(C)C. The normalized spacial score (nSPS) is 30.5. The topological polar surface area (TPSA) is 12.5 Å². The zero-order chi connectivity index (χ0) is 13.5. The summed E-state index contributed by atoms with van der Waals surface area (Å²) in [5.74, 6) is 0. The van der Waals surface area contributed by atoms with Crippen molar-refractivity contribution in [3.8, 4) is 0 Å². The van der Waals surface area contributed by atoms with E-state index in [2.05, 4.69) is 58.4 Å². The molecule has 0 aromatic carbocycles. The second-order valence-corrected chi connectivity index (χ2v) is 30.4. The van der Waals surface area contributed by atoms with Crippen molar-refractivity contribution < 1.29 is 4.43 Å². The predicted octanol–water partition coefficient (Wildman–Crippen LogP) is 2.93. The molecule has 5 heteroatoms. The Morgan fingerprint density at radius 1 is 1.12 bits per heavy atom. The summed E-state index contributed by atoms with van der Waals surface area (Å²) >= 11 is 0. The van der Waals surface area contributed by atoms with Gasteiger partial charge in [-0.1, -0.05) is 26.9 Å². The largest absolute Gasteiger partial charge is 0.414 e. The van der Waals surface area contributed by atoms with Gasteiger partial charge in [0.15, 0.2) is 7.83 Å². The lowest BCUT2D eigenvalue weighted by Gasteiger charge is -2.55. The van der Waals surface area contributed by atoms with Crippen molar-refractivity contribution in [1.29, 1.82) is 0 Å². The van der Waals surface area contributed by atoms with E-state index in [9.17, 15) is 0 Å². The molecule has 102 valence electrons. The molecule has 0 aromatic heterocycles. The van der Waals surface area contributed by atoms with E-state index in [0.717, 1.165) is 0 Å². The average Bonchev–Trinajstić information content (AvgIpc) is 2.06. The third kappa shape index (κ3) is 3.32. The van der Waals surface area contributed by atoms with Gasteiger partial charge in [-0.3, -0.25) is 0 Å². The summed E-state index contributed by atoms with van der Waals surface area (Å²) in [5.41, 5.74) is 0.141. The van der Waals surface area contributed by atoms with E-state index < -0.39 is 23.4 Å². The Labute approximate surface area is 111 Å². The molecule has 2 nitrogen and oxygen atoms in total. The molecule has 0 aliphatic carbocycles. The fraction of sp³-hybridized carbons (Fsp3) is 1.00. The van der Waals surface area contributed by atoms with E-state index in [1.807, 2.05) is 0 Å². The van der Waals surface area contributed by atoms with Crippen LogP contribution in [0.3, 0.4) is 0 Å². The van der Waals surface area contributed by atoms with Crippen LogP contribution >= 0.6 is 0 Å². The van der Waals surface area contributed by atoms with Gasteiger partial charge in [-0.15, -0.1) is 0 Å². The maximum atomic E-state index is 6.59. The van der Waals surface area contributed by atoms with Crippen LogP contribution in [0.25, 0.3) is 0 Å². The zero-order valence-corrected chi connectivity index (χ0v) is 16.2. The van der Waals surface area contributed by atoms with E-state index >= 15 is 0 Å². The summed E-state index contributed by atoms with van der Waals surface area (Å²) in [6.45, 7) is 21.9. The third-order valence-corrected chi connectivity index (χ3v) is 35.9. The molecule has 0 N–H and O–H groups in total. The quantitative estimate of drug-likeness (QED) is 0.741. The summed E-state index contributed by atoms with van der Waals surface area (Å²) in [7, 11) is -3.42. The second-order valence-electron chi connectivity index (χ2n) is 7.25. The van der Waals surface area contributed by atoms with Gasteiger partial charge in [0.25, 0.3) is 0 Å². The van der Waals surface area contributed by atoms with E-state index in [1.165, 1.54) is 19.1 Å². The fourth-order valence-corrected chi connectivity index (χ4v) is 48.3. The van der Waals surface area contributed by atoms with Crippen LogP contribution in [0.4, 0.5) is 0 Å². The molecule has 17 heavy (non-hydrogen) atoms. The Hall–Kier alpha value is 0.571. The summed E-state index contributed by atoms with van der Waals surface area (Å²) < 4.78 is 9.40. The minimum Gasteiger partial charge on any atom is -0.414 e. The van der Waals surface area contributed by atoms with Crippen molar-refractivity contribution in [2.75, 3.05) is 13.1 Å². The Kier molecular flexibility index (Phi) is 4.52. The van der Waals surface area contributed by atoms with Crippen molar-refractivity contribution >= 4 is 23.4 Å². The smallest absolute Gasteiger partial charge is 0.185 e. The standard InChI is InChI=1S/C12H31NOSi3/c1-9-13(10-2)15-16(5,6)11-12(3,4)14-17(15,7)8/h15H,9-11H2,1-8H3. The number of nitrogens with zero attached hydrogens (tertiary/aromatic N) is 1. The van der Waals surface area contributed by atoms with E-state index in [-0.39, 0.29) is 5.60 Å². The van der Waals surface area contributed by atoms with Gasteiger partial charge in [-0.25, -0.2) is 0 Å². The summed E-state index contributed by atoms with van der Waals surface area (Å²) in [6, 6.07) is 1.35. The minimum atomic E-state index is -1.47. The second kappa shape index (κ2) is 4.92. The van der Waals surface area contributed by atoms with Gasteiger partial charge in [-0.05, 0) is 46.1 Å². The maximum absolute atomic E-state index is 6.59. The fourth-order valence-electron chi connectivity index (χ4n) is 4.46. The molecule has 1 heterocycles. The van der Waals surface area contributed by atoms with Gasteiger partial charge in [0.05, 0.1) is 7.59 Å². The average molecular weight is 290 g/mol. The predicted molar refractivity (Wildman–Crippen MR) is 85.0 cm³/mol. The molecule has 1 rings (SSSR count). The van der Waals surface area contributed by atoms with Crippen molar-refractivity contribution in [2.24, 2.45) is 0 Å². The zero-order valence-electron chi connectivity index (χ0n) is 13.1. The van der Waals surface area contributed by atoms with Crippen molar-refractivity contribution in [3.63, 3.8) is 0 Å². The van der Waals surface area contributed by atoms with Crippen molar-refractivity contribution in [3.05, 3.63) is 0 Å². The van der Waals surface area contributed by atoms with Crippen LogP contribution in [0.2, 0.25) is 32.2 Å². The Morgan fingerprint density at radius 3 is 1.94 bits per heavy atom. The first-order valence-corrected chi connectivity index (χ1v) is 17.2. The third-order valence-electron chi connectivity index (χ3n) is 4.00. The van der Waals surface area contributed by atoms with Gasteiger partial charge >= 0.3 is 0 Å². The molecule has 0 saturated carbocycles. The van der Waals surface area contributed by atoms with Crippen LogP contribution in [0.15, 0.2) is 0 Å². The van der Waals surface area contributed by atoms with Crippen LogP contribution in [-0.4, -0.2) is 46.7 Å². The lowest BCUT2D eigenvalue weighted by Crippen LogP contribution is -2.77. The highest BCUT2D eigenvalue weighted by atomic mass is 29.6. The van der Waals surface area contributed by atoms with Crippen LogP contribution in [0.1, 0.15) is 27.7 Å². The Balaban J connectivity index is 3.09. The molecule has 0 radical (unpaired) electrons. The first-order valence-electron chi connectivity index (χ1n) is 7.00. The first-order chi connectivity index (χ1) is 7.56. The molecular formula is C12H31NOSi3. The molecule has 1 aliphatic heterocycles. The van der Waals surface area contributed by atoms with Crippen LogP contribution in [-0.2, 0) is 4.43 Å². The van der Waals surface area contributed by atoms with Crippen molar-refractivity contribution in [2.45, 2.75) is 65.5 Å². The number of hydrogen-bond donors (Lipinski definition) is 0. The van der Waals surface area contributed by atoms with Gasteiger partial charge in [-0.2, -0.15) is 0 Å². The van der Waals surface area contributed by atoms with Gasteiger partial charge in [0, 0.05) is 5.60 Å². The molecule has 1 unspecified atom stereocenters. The van der Waals surface area contributed by atoms with Crippen LogP contribution < -0.4 is 0 Å². The molecule has 0 bridgehead atoms. The highest BCUT2D eigenvalue weighted by Crippen LogP contribution is 2.38. The molecular weight excluding hydrogens is 258 g/mol. The summed E-state index contributed by atoms with van der Waals surface area (Å²) in [6.07, 6.45) is 0. The lowest BCUT2D eigenvalue weighted by atomic mass is 10.2. The number of hydrogen-bond acceptors (Lipinski definition) is 2. The molecule has 0 spiro atoms. The van der Waals surface area contributed by atoms with Crippen molar-refractivity contribution in [1.82, 2.24) is 4.57 Å². The Morgan fingerprint density at radius 2 is 1.59 bits per heavy atom. The number of rotatable bonds is 3. The summed E-state index contributed by atoms with van der Waals surface area (Å²) in [4.78, 5) is 0. The van der Waals surface area contributed by atoms with E-state index in [1.54, 1.807) is 0 Å². The maximum Gasteiger partial charge on any atom is 0.185 e. The van der Waals surface area contributed by atoms with Crippen LogP contribution in [0, 0.1) is 0 Å². The van der Waals surface area contributed by atoms with Gasteiger partial charge in [0.2, 0.25) is 0 Å². The minimum absolute atomic E-state index is 0.141. The molecule has 1 saturated heterocycles. The highest BCUT2D eigenvalue weighted by molar-refractivity contribution is 7.58. The molecule has 1 atom stereocenters. The Bertz CT molecular complexity index is 255. The van der Waals surface area contributed by atoms with E-state index in [4.69, 9.17) is 4.43 Å². The highest BCUT2D eigenvalue weighted by Gasteiger charge is 2.56. The monoisotopic (exact) mass is 289 g/mol. The molecule has 0 amide bonds. The first kappa shape index (κ1) is 15.6. The summed E-state index contributed by atoms with van der Waals surface area (Å²) in [5, 5.41) is 0. The molecule has 0 aromatic rings. The van der Waals surface area contributed by atoms with Crippen LogP contribution in [0.5, 0.6) is 0 Å². The lowest BCUT2D eigenvalue weighted by molar-refractivity contribution is 0.121. The van der Waals surface area contributed by atoms with Gasteiger partial charge in [0.1, 0.15) is 7.99 Å². The van der Waals surface area contributed by atoms with Gasteiger partial charge < -0.3 is 8.99 Å². The molecule has 1 fully saturated rings.